The van der Waals surface area contributed by atoms with Gasteiger partial charge < -0.3 is 34.5 Å². The van der Waals surface area contributed by atoms with Crippen molar-refractivity contribution in [3.63, 3.8) is 0 Å². The fourth-order valence-electron chi connectivity index (χ4n) is 7.10. The molecule has 67 heavy (non-hydrogen) atoms. The maximum Gasteiger partial charge on any atom is 0.416 e. The van der Waals surface area contributed by atoms with Crippen molar-refractivity contribution in [2.24, 2.45) is 0 Å². The number of nitrogens with zero attached hydrogens (tertiary/aromatic N) is 2. The molecule has 0 saturated carbocycles. The summed E-state index contributed by atoms with van der Waals surface area (Å²) < 4.78 is 87.1. The molecule has 4 aromatic carbocycles. The van der Waals surface area contributed by atoms with Gasteiger partial charge in [0, 0.05) is 61.4 Å². The number of carbonyl (C=O) groups is 2. The Labute approximate surface area is 392 Å². The topological polar surface area (TPSA) is 145 Å². The average Bonchev–Trinajstić information content (AvgIpc) is 3.33. The number of hydrogen-bond donors (Lipinski definition) is 2. The molecule has 0 aliphatic heterocycles. The maximum atomic E-state index is 13.7. The Morgan fingerprint density at radius 3 is 1.94 bits per heavy atom. The van der Waals surface area contributed by atoms with E-state index in [0.29, 0.717) is 98.7 Å². The largest absolute Gasteiger partial charge is 0.416 e. The fraction of sp³-hybridized carbons (Fsp3) is 0.392. The van der Waals surface area contributed by atoms with Gasteiger partial charge in [-0.3, -0.25) is 14.6 Å². The Balaban J connectivity index is 1.02. The van der Waals surface area contributed by atoms with Crippen molar-refractivity contribution < 1.29 is 50.1 Å². The van der Waals surface area contributed by atoms with Crippen LogP contribution in [-0.2, 0) is 54.3 Å². The highest BCUT2D eigenvalue weighted by atomic mass is 32.2. The van der Waals surface area contributed by atoms with E-state index in [4.69, 9.17) is 18.9 Å². The van der Waals surface area contributed by atoms with Gasteiger partial charge in [-0.15, -0.1) is 0 Å². The van der Waals surface area contributed by atoms with Crippen LogP contribution >= 0.6 is 0 Å². The van der Waals surface area contributed by atoms with Crippen LogP contribution in [0.4, 0.5) is 24.5 Å². The first kappa shape index (κ1) is 52.3. The molecule has 0 saturated heterocycles. The molecule has 0 fully saturated rings. The molecule has 5 aromatic rings. The third kappa shape index (κ3) is 16.9. The van der Waals surface area contributed by atoms with E-state index in [-0.39, 0.29) is 23.8 Å². The Morgan fingerprint density at radius 2 is 1.28 bits per heavy atom. The Morgan fingerprint density at radius 1 is 0.657 bits per heavy atom. The Hall–Kier alpha value is -5.65. The second-order valence-corrected chi connectivity index (χ2v) is 17.7. The van der Waals surface area contributed by atoms with Crippen molar-refractivity contribution in [3.8, 4) is 11.3 Å². The monoisotopic (exact) mass is 946 g/mol. The second kappa shape index (κ2) is 26.6. The predicted octanol–water partition coefficient (Wildman–Crippen LogP) is 9.22. The molecule has 360 valence electrons. The molecule has 2 N–H and O–H groups in total. The number of halogens is 3. The van der Waals surface area contributed by atoms with Crippen LogP contribution in [0.2, 0.25) is 0 Å². The minimum Gasteiger partial charge on any atom is -0.379 e. The van der Waals surface area contributed by atoms with E-state index in [9.17, 15) is 31.2 Å². The van der Waals surface area contributed by atoms with Gasteiger partial charge in [0.05, 0.1) is 67.2 Å². The zero-order valence-corrected chi connectivity index (χ0v) is 39.2. The molecule has 0 aliphatic carbocycles. The molecule has 0 bridgehead atoms. The average molecular weight is 947 g/mol. The lowest BCUT2D eigenvalue weighted by atomic mass is 10.0. The smallest absolute Gasteiger partial charge is 0.379 e. The van der Waals surface area contributed by atoms with Crippen molar-refractivity contribution in [2.45, 2.75) is 64.1 Å². The van der Waals surface area contributed by atoms with Crippen LogP contribution in [0.3, 0.4) is 0 Å². The highest BCUT2D eigenvalue weighted by Crippen LogP contribution is 2.33. The number of amides is 2. The molecule has 0 radical (unpaired) electrons. The molecule has 12 nitrogen and oxygen atoms in total. The van der Waals surface area contributed by atoms with Crippen molar-refractivity contribution >= 4 is 33.0 Å². The molecular weight excluding hydrogens is 886 g/mol. The standard InChI is InChI=1S/C51H61F3N4O8S/c1-4-38-16-19-45(20-17-38)67(61,62)32-10-25-64-27-29-66-31-30-65-28-26-63-24-9-13-39-11-7-14-41(33-39)50(60)57-47-21-18-44(58(5-2)6-3)36-46(47)48-35-42(22-23-55-48)49(59)56-37-40-12-8-15-43(34-40)51(52,53)54/h7-8,11-12,14-23,33-36H,4-6,9-10,13,24-32,37H2,1-3H3,(H,56,59)(H,57,60). The third-order valence-corrected chi connectivity index (χ3v) is 12.7. The molecule has 2 amide bonds. The van der Waals surface area contributed by atoms with Crippen LogP contribution in [0.5, 0.6) is 0 Å². The quantitative estimate of drug-likeness (QED) is 0.0466. The number of ether oxygens (including phenoxy) is 4. The van der Waals surface area contributed by atoms with E-state index in [1.807, 2.05) is 69.3 Å². The van der Waals surface area contributed by atoms with Gasteiger partial charge in [-0.05, 0) is 123 Å². The number of sulfone groups is 1. The number of nitrogens with one attached hydrogen (secondary N) is 2. The van der Waals surface area contributed by atoms with E-state index in [1.165, 1.54) is 24.4 Å². The van der Waals surface area contributed by atoms with Gasteiger partial charge in [0.1, 0.15) is 0 Å². The number of rotatable bonds is 28. The summed E-state index contributed by atoms with van der Waals surface area (Å²) in [6.07, 6.45) is -0.318. The number of carbonyl (C=O) groups excluding carboxylic acids is 2. The van der Waals surface area contributed by atoms with E-state index < -0.39 is 27.5 Å². The second-order valence-electron chi connectivity index (χ2n) is 15.6. The predicted molar refractivity (Wildman–Crippen MR) is 254 cm³/mol. The normalized spacial score (nSPS) is 11.7. The molecular formula is C51H61F3N4O8S. The Kier molecular flexibility index (Phi) is 20.8. The van der Waals surface area contributed by atoms with Crippen molar-refractivity contribution in [1.82, 2.24) is 10.3 Å². The number of alkyl halides is 3. The van der Waals surface area contributed by atoms with Crippen molar-refractivity contribution in [2.75, 3.05) is 81.9 Å². The van der Waals surface area contributed by atoms with E-state index >= 15 is 0 Å². The highest BCUT2D eigenvalue weighted by molar-refractivity contribution is 7.91. The van der Waals surface area contributed by atoms with Gasteiger partial charge in [-0.2, -0.15) is 13.2 Å². The molecule has 0 unspecified atom stereocenters. The van der Waals surface area contributed by atoms with E-state index in [1.54, 1.807) is 24.3 Å². The summed E-state index contributed by atoms with van der Waals surface area (Å²) >= 11 is 0. The van der Waals surface area contributed by atoms with Gasteiger partial charge in [0.2, 0.25) is 0 Å². The maximum absolute atomic E-state index is 13.7. The van der Waals surface area contributed by atoms with Crippen molar-refractivity contribution in [3.05, 3.63) is 143 Å². The molecule has 5 rings (SSSR count). The van der Waals surface area contributed by atoms with Crippen molar-refractivity contribution in [1.29, 1.82) is 0 Å². The van der Waals surface area contributed by atoms with Gasteiger partial charge >= 0.3 is 6.18 Å². The summed E-state index contributed by atoms with van der Waals surface area (Å²) in [7, 11) is -3.33. The minimum absolute atomic E-state index is 0.0323. The van der Waals surface area contributed by atoms with Crippen LogP contribution in [0.15, 0.2) is 114 Å². The lowest BCUT2D eigenvalue weighted by Gasteiger charge is -2.23. The van der Waals surface area contributed by atoms with E-state index in [0.717, 1.165) is 54.9 Å². The number of pyridine rings is 1. The zero-order valence-electron chi connectivity index (χ0n) is 38.4. The fourth-order valence-corrected chi connectivity index (χ4v) is 8.39. The summed E-state index contributed by atoms with van der Waals surface area (Å²) in [5.74, 6) is -0.778. The summed E-state index contributed by atoms with van der Waals surface area (Å²) in [6.45, 7) is 10.7. The summed E-state index contributed by atoms with van der Waals surface area (Å²) in [6, 6.07) is 28.0. The molecule has 1 heterocycles. The number of benzene rings is 4. The third-order valence-electron chi connectivity index (χ3n) is 10.8. The first-order valence-corrected chi connectivity index (χ1v) is 24.3. The molecule has 0 atom stereocenters. The van der Waals surface area contributed by atoms with Crippen LogP contribution < -0.4 is 15.5 Å². The summed E-state index contributed by atoms with van der Waals surface area (Å²) in [4.78, 5) is 34.0. The Bertz CT molecular complexity index is 2450. The van der Waals surface area contributed by atoms with Crippen LogP contribution in [-0.4, -0.2) is 96.9 Å². The molecule has 16 heteroatoms. The van der Waals surface area contributed by atoms with Crippen LogP contribution in [0.1, 0.15) is 76.6 Å². The molecule has 0 spiro atoms. The first-order chi connectivity index (χ1) is 32.3. The minimum atomic E-state index is -4.50. The highest BCUT2D eigenvalue weighted by Gasteiger charge is 2.30. The number of aromatic nitrogens is 1. The van der Waals surface area contributed by atoms with Gasteiger partial charge in [0.15, 0.2) is 9.84 Å². The molecule has 0 aliphatic rings. The van der Waals surface area contributed by atoms with Gasteiger partial charge in [-0.25, -0.2) is 8.42 Å². The van der Waals surface area contributed by atoms with Gasteiger partial charge in [-0.1, -0.05) is 43.3 Å². The van der Waals surface area contributed by atoms with Crippen LogP contribution in [0, 0.1) is 0 Å². The molecule has 1 aromatic heterocycles. The lowest BCUT2D eigenvalue weighted by molar-refractivity contribution is -0.137. The number of hydrogen-bond acceptors (Lipinski definition) is 10. The lowest BCUT2D eigenvalue weighted by Crippen LogP contribution is -2.23. The number of aryl methyl sites for hydroxylation is 2. The summed E-state index contributed by atoms with van der Waals surface area (Å²) in [5, 5.41) is 5.74. The van der Waals surface area contributed by atoms with Crippen LogP contribution in [0.25, 0.3) is 11.3 Å². The zero-order chi connectivity index (χ0) is 48.1. The van der Waals surface area contributed by atoms with Gasteiger partial charge in [0.25, 0.3) is 11.8 Å². The van der Waals surface area contributed by atoms with E-state index in [2.05, 4.69) is 20.5 Å². The SMILES string of the molecule is CCc1ccc(S(=O)(=O)CCCOCCOCCOCCOCCCc2cccc(C(=O)Nc3ccc(N(CC)CC)cc3-c3cc(C(=O)NCc4cccc(C(F)(F)F)c4)ccn3)c2)cc1. The first-order valence-electron chi connectivity index (χ1n) is 22.6. The summed E-state index contributed by atoms with van der Waals surface area (Å²) in [5.41, 5.74) is 4.72. The number of anilines is 2.